The van der Waals surface area contributed by atoms with Crippen molar-refractivity contribution in [1.82, 2.24) is 5.32 Å². The van der Waals surface area contributed by atoms with Crippen LogP contribution in [0, 0.1) is 11.8 Å². The van der Waals surface area contributed by atoms with Gasteiger partial charge >= 0.3 is 0 Å². The smallest absolute Gasteiger partial charge is 0.223 e. The van der Waals surface area contributed by atoms with Gasteiger partial charge in [0.1, 0.15) is 6.71 Å². The number of nitrogens with one attached hydrogen (secondary N) is 1. The molecule has 1 saturated carbocycles. The Hall–Kier alpha value is -0.365. The van der Waals surface area contributed by atoms with E-state index in [-0.39, 0.29) is 23.7 Å². The molecule has 21 heavy (non-hydrogen) atoms. The first-order valence-electron chi connectivity index (χ1n) is 8.38. The maximum atomic E-state index is 12.4. The van der Waals surface area contributed by atoms with Gasteiger partial charge in [0, 0.05) is 12.3 Å². The van der Waals surface area contributed by atoms with Crippen molar-refractivity contribution < 1.29 is 9.59 Å². The van der Waals surface area contributed by atoms with Crippen LogP contribution >= 0.6 is 9.24 Å². The summed E-state index contributed by atoms with van der Waals surface area (Å²) in [6.07, 6.45) is 6.51. The highest BCUT2D eigenvalue weighted by Gasteiger charge is 2.28. The number of hydrogen-bond acceptors (Lipinski definition) is 2. The monoisotopic (exact) mass is 311 g/mol. The van der Waals surface area contributed by atoms with Gasteiger partial charge in [-0.3, -0.25) is 9.59 Å². The molecular weight excluding hydrogens is 280 g/mol. The molecule has 0 spiro atoms. The van der Waals surface area contributed by atoms with Gasteiger partial charge in [-0.15, -0.1) is 9.24 Å². The van der Waals surface area contributed by atoms with Crippen molar-refractivity contribution in [3.63, 3.8) is 0 Å². The van der Waals surface area contributed by atoms with E-state index in [2.05, 4.69) is 28.2 Å². The summed E-state index contributed by atoms with van der Waals surface area (Å²) >= 11 is 0. The van der Waals surface area contributed by atoms with Gasteiger partial charge in [0.05, 0.1) is 6.04 Å². The van der Waals surface area contributed by atoms with Crippen molar-refractivity contribution in [3.05, 3.63) is 0 Å². The summed E-state index contributed by atoms with van der Waals surface area (Å²) in [5.74, 6) is 1.39. The van der Waals surface area contributed by atoms with Crippen LogP contribution in [0.25, 0.3) is 0 Å². The second-order valence-corrected chi connectivity index (χ2v) is 7.55. The number of carbonyl (C=O) groups excluding carboxylic acids is 2. The molecule has 2 unspecified atom stereocenters. The molecule has 0 aromatic rings. The third kappa shape index (κ3) is 6.10. The van der Waals surface area contributed by atoms with Crippen LogP contribution in [0.5, 0.6) is 0 Å². The molecule has 1 rings (SSSR count). The van der Waals surface area contributed by atoms with Gasteiger partial charge < -0.3 is 5.32 Å². The molecule has 4 atom stereocenters. The summed E-state index contributed by atoms with van der Waals surface area (Å²) in [5, 5.41) is 2.85. The summed E-state index contributed by atoms with van der Waals surface area (Å²) in [7, 11) is 2.57. The van der Waals surface area contributed by atoms with Crippen LogP contribution in [0.3, 0.4) is 0 Å². The average molecular weight is 311 g/mol. The van der Waals surface area contributed by atoms with Crippen LogP contribution < -0.4 is 5.32 Å². The van der Waals surface area contributed by atoms with Crippen LogP contribution in [-0.4, -0.2) is 30.6 Å². The fraction of sp³-hybridized carbons (Fsp3) is 0.875. The first-order chi connectivity index (χ1) is 9.85. The van der Waals surface area contributed by atoms with E-state index in [0.717, 1.165) is 12.1 Å². The maximum absolute atomic E-state index is 12.4. The lowest BCUT2D eigenvalue weighted by atomic mass is 9.42. The van der Waals surface area contributed by atoms with E-state index in [9.17, 15) is 9.59 Å². The Morgan fingerprint density at radius 1 is 1.29 bits per heavy atom. The number of hydrogen-bond donors (Lipinski definition) is 1. The zero-order valence-corrected chi connectivity index (χ0v) is 15.2. The summed E-state index contributed by atoms with van der Waals surface area (Å²) in [4.78, 5) is 24.2. The topological polar surface area (TPSA) is 46.2 Å². The molecule has 0 radical (unpaired) electrons. The first kappa shape index (κ1) is 18.7. The molecule has 0 aliphatic heterocycles. The van der Waals surface area contributed by atoms with E-state index in [1.165, 1.54) is 25.7 Å². The molecule has 0 saturated heterocycles. The van der Waals surface area contributed by atoms with Crippen molar-refractivity contribution in [1.29, 1.82) is 0 Å². The zero-order chi connectivity index (χ0) is 16.0. The van der Waals surface area contributed by atoms with Gasteiger partial charge in [0.25, 0.3) is 0 Å². The van der Waals surface area contributed by atoms with Crippen molar-refractivity contribution in [2.24, 2.45) is 11.8 Å². The largest absolute Gasteiger partial charge is 0.346 e. The lowest BCUT2D eigenvalue weighted by Crippen LogP contribution is -2.42. The molecule has 0 heterocycles. The highest BCUT2D eigenvalue weighted by atomic mass is 31.0. The van der Waals surface area contributed by atoms with Crippen molar-refractivity contribution in [2.75, 3.05) is 6.16 Å². The summed E-state index contributed by atoms with van der Waals surface area (Å²) in [5.41, 5.74) is 0. The van der Waals surface area contributed by atoms with E-state index in [1.54, 1.807) is 0 Å². The second kappa shape index (κ2) is 8.93. The molecule has 0 aromatic heterocycles. The second-order valence-electron chi connectivity index (χ2n) is 7.07. The van der Waals surface area contributed by atoms with E-state index in [4.69, 9.17) is 0 Å². The van der Waals surface area contributed by atoms with Crippen LogP contribution in [0.1, 0.15) is 46.0 Å². The molecule has 5 heteroatoms. The standard InChI is InChI=1S/C16H31BNO2P/c1-11(10-21)16(20)18-12(2)15(19)9-14(17(3)4)8-13-6-5-7-13/h11-14H,5-10,21H2,1-4H3,(H,18,20)/t11?,12-,14+/m0/s1. The summed E-state index contributed by atoms with van der Waals surface area (Å²) < 4.78 is 0. The summed E-state index contributed by atoms with van der Waals surface area (Å²) in [6.45, 7) is 8.64. The molecule has 1 amide bonds. The molecular formula is C16H31BNO2P. The summed E-state index contributed by atoms with van der Waals surface area (Å²) in [6, 6.07) is -0.362. The number of Topliss-reactive ketones (excluding diaryl/α,β-unsaturated/α-hetero) is 1. The normalized spacial score (nSPS) is 19.3. The minimum Gasteiger partial charge on any atom is -0.346 e. The van der Waals surface area contributed by atoms with E-state index in [0.29, 0.717) is 19.0 Å². The lowest BCUT2D eigenvalue weighted by molar-refractivity contribution is -0.129. The predicted molar refractivity (Wildman–Crippen MR) is 94.2 cm³/mol. The van der Waals surface area contributed by atoms with Gasteiger partial charge in [0.15, 0.2) is 5.78 Å². The van der Waals surface area contributed by atoms with Crippen molar-refractivity contribution in [3.8, 4) is 0 Å². The molecule has 3 nitrogen and oxygen atoms in total. The quantitative estimate of drug-likeness (QED) is 0.525. The average Bonchev–Trinajstić information content (AvgIpc) is 2.39. The molecule has 120 valence electrons. The van der Waals surface area contributed by atoms with Gasteiger partial charge in [0.2, 0.25) is 5.91 Å². The molecule has 1 N–H and O–H groups in total. The van der Waals surface area contributed by atoms with Crippen LogP contribution in [-0.2, 0) is 9.59 Å². The number of ketones is 1. The molecule has 0 bridgehead atoms. The van der Waals surface area contributed by atoms with Gasteiger partial charge in [-0.1, -0.05) is 52.1 Å². The van der Waals surface area contributed by atoms with Gasteiger partial charge in [-0.05, 0) is 19.0 Å². The maximum Gasteiger partial charge on any atom is 0.223 e. The fourth-order valence-electron chi connectivity index (χ4n) is 2.73. The third-order valence-corrected chi connectivity index (χ3v) is 5.62. The van der Waals surface area contributed by atoms with Crippen molar-refractivity contribution >= 4 is 27.6 Å². The molecule has 1 aliphatic carbocycles. The Kier molecular flexibility index (Phi) is 7.94. The van der Waals surface area contributed by atoms with E-state index in [1.807, 2.05) is 13.8 Å². The Bertz CT molecular complexity index is 358. The number of carbonyl (C=O) groups is 2. The minimum absolute atomic E-state index is 0.0223. The third-order valence-electron chi connectivity index (χ3n) is 4.91. The van der Waals surface area contributed by atoms with E-state index >= 15 is 0 Å². The number of rotatable bonds is 9. The predicted octanol–water partition coefficient (Wildman–Crippen LogP) is 3.28. The van der Waals surface area contributed by atoms with Crippen molar-refractivity contribution in [2.45, 2.75) is 71.5 Å². The number of amides is 1. The van der Waals surface area contributed by atoms with E-state index < -0.39 is 0 Å². The van der Waals surface area contributed by atoms with Gasteiger partial charge in [-0.25, -0.2) is 0 Å². The van der Waals surface area contributed by atoms with Crippen LogP contribution in [0.2, 0.25) is 19.5 Å². The Labute approximate surface area is 132 Å². The molecule has 0 aromatic carbocycles. The molecule has 1 fully saturated rings. The van der Waals surface area contributed by atoms with Crippen LogP contribution in [0.15, 0.2) is 0 Å². The molecule has 1 aliphatic rings. The first-order valence-corrected chi connectivity index (χ1v) is 9.19. The highest BCUT2D eigenvalue weighted by Crippen LogP contribution is 2.36. The SMILES string of the molecule is CB(C)[C@@H](CC(=O)[C@H](C)NC(=O)C(C)CP)CC1CCC1. The van der Waals surface area contributed by atoms with Crippen LogP contribution in [0.4, 0.5) is 0 Å². The Morgan fingerprint density at radius 3 is 2.33 bits per heavy atom. The minimum atomic E-state index is -0.362. The fourth-order valence-corrected chi connectivity index (χ4v) is 2.94. The highest BCUT2D eigenvalue weighted by molar-refractivity contribution is 7.16. The zero-order valence-electron chi connectivity index (χ0n) is 14.0. The Morgan fingerprint density at radius 2 is 1.90 bits per heavy atom. The Balaban J connectivity index is 2.45. The van der Waals surface area contributed by atoms with Gasteiger partial charge in [-0.2, -0.15) is 0 Å². The lowest BCUT2D eigenvalue weighted by Gasteiger charge is -2.31.